The molecule has 2 aromatic carbocycles. The van der Waals surface area contributed by atoms with Crippen LogP contribution in [0.15, 0.2) is 48.5 Å². The quantitative estimate of drug-likeness (QED) is 0.841. The number of amides is 2. The fraction of sp³-hybridized carbons (Fsp3) is 0.364. The zero-order valence-corrected chi connectivity index (χ0v) is 14.9. The summed E-state index contributed by atoms with van der Waals surface area (Å²) in [6.07, 6.45) is 3.18. The second kappa shape index (κ2) is 7.32. The van der Waals surface area contributed by atoms with Crippen molar-refractivity contribution in [2.45, 2.75) is 38.8 Å². The zero-order chi connectivity index (χ0) is 17.9. The molecular formula is C22H24N2O2. The molecule has 4 nitrogen and oxygen atoms in total. The molecule has 1 fully saturated rings. The van der Waals surface area contributed by atoms with E-state index in [0.29, 0.717) is 32.5 Å². The number of nitrogens with one attached hydrogen (secondary N) is 1. The van der Waals surface area contributed by atoms with E-state index < -0.39 is 0 Å². The zero-order valence-electron chi connectivity index (χ0n) is 14.9. The molecule has 0 saturated heterocycles. The lowest BCUT2D eigenvalue weighted by molar-refractivity contribution is -0.132. The van der Waals surface area contributed by atoms with Crippen LogP contribution in [0, 0.1) is 5.92 Å². The van der Waals surface area contributed by atoms with E-state index in [9.17, 15) is 9.59 Å². The number of benzene rings is 2. The summed E-state index contributed by atoms with van der Waals surface area (Å²) in [5.41, 5.74) is 4.81. The summed E-state index contributed by atoms with van der Waals surface area (Å²) in [6.45, 7) is 1.86. The van der Waals surface area contributed by atoms with Crippen molar-refractivity contribution in [3.05, 3.63) is 59.7 Å². The van der Waals surface area contributed by atoms with Crippen molar-refractivity contribution in [3.8, 4) is 11.1 Å². The van der Waals surface area contributed by atoms with Crippen LogP contribution in [0.2, 0.25) is 0 Å². The van der Waals surface area contributed by atoms with E-state index in [0.717, 1.165) is 12.8 Å². The maximum absolute atomic E-state index is 12.8. The third-order valence-electron chi connectivity index (χ3n) is 5.21. The normalized spacial score (nSPS) is 15.6. The average molecular weight is 348 g/mol. The minimum absolute atomic E-state index is 0.148. The molecule has 2 aromatic rings. The molecule has 4 rings (SSSR count). The predicted molar refractivity (Wildman–Crippen MR) is 101 cm³/mol. The molecule has 1 N–H and O–H groups in total. The number of nitrogens with zero attached hydrogens (tertiary/aromatic N) is 1. The molecule has 1 heterocycles. The van der Waals surface area contributed by atoms with Gasteiger partial charge in [-0.15, -0.1) is 0 Å². The summed E-state index contributed by atoms with van der Waals surface area (Å²) in [5.74, 6) is 0.525. The lowest BCUT2D eigenvalue weighted by atomic mass is 9.97. The summed E-state index contributed by atoms with van der Waals surface area (Å²) in [4.78, 5) is 26.4. The van der Waals surface area contributed by atoms with Crippen LogP contribution in [0.1, 0.15) is 36.8 Å². The summed E-state index contributed by atoms with van der Waals surface area (Å²) in [6, 6.07) is 16.6. The minimum atomic E-state index is 0.148. The Morgan fingerprint density at radius 3 is 2.08 bits per heavy atom. The molecule has 134 valence electrons. The number of carbonyl (C=O) groups excluding carboxylic acids is 2. The summed E-state index contributed by atoms with van der Waals surface area (Å²) >= 11 is 0. The molecule has 1 aliphatic heterocycles. The van der Waals surface area contributed by atoms with Gasteiger partial charge in [0.15, 0.2) is 0 Å². The third-order valence-corrected chi connectivity index (χ3v) is 5.21. The van der Waals surface area contributed by atoms with Gasteiger partial charge in [-0.1, -0.05) is 48.5 Å². The van der Waals surface area contributed by atoms with Crippen LogP contribution in [0.4, 0.5) is 0 Å². The topological polar surface area (TPSA) is 49.4 Å². The van der Waals surface area contributed by atoms with E-state index in [1.807, 2.05) is 17.0 Å². The van der Waals surface area contributed by atoms with Crippen molar-refractivity contribution >= 4 is 11.8 Å². The highest BCUT2D eigenvalue weighted by atomic mass is 16.2. The molecule has 26 heavy (non-hydrogen) atoms. The molecule has 0 radical (unpaired) electrons. The van der Waals surface area contributed by atoms with Crippen molar-refractivity contribution in [1.82, 2.24) is 10.2 Å². The molecular weight excluding hydrogens is 324 g/mol. The number of carbonyl (C=O) groups is 2. The van der Waals surface area contributed by atoms with Gasteiger partial charge >= 0.3 is 0 Å². The minimum Gasteiger partial charge on any atom is -0.356 e. The Hall–Kier alpha value is -2.62. The molecule has 0 aromatic heterocycles. The molecule has 2 aliphatic rings. The van der Waals surface area contributed by atoms with E-state index in [2.05, 4.69) is 41.7 Å². The Bertz CT molecular complexity index is 779. The molecule has 1 saturated carbocycles. The first-order chi connectivity index (χ1) is 12.7. The van der Waals surface area contributed by atoms with E-state index in [-0.39, 0.29) is 17.7 Å². The van der Waals surface area contributed by atoms with Gasteiger partial charge in [0.1, 0.15) is 0 Å². The Kier molecular flexibility index (Phi) is 4.74. The van der Waals surface area contributed by atoms with Crippen molar-refractivity contribution in [1.29, 1.82) is 0 Å². The highest BCUT2D eigenvalue weighted by Crippen LogP contribution is 2.32. The standard InChI is InChI=1S/C22H24N2O2/c25-21(10-5-13-23-22(26)16-11-12-16)24-14-17-6-1-3-8-19(17)20-9-4-2-7-18(20)15-24/h1-4,6-9,16H,5,10-15H2,(H,23,26). The van der Waals surface area contributed by atoms with Crippen LogP contribution in [0.3, 0.4) is 0 Å². The van der Waals surface area contributed by atoms with Crippen molar-refractivity contribution in [2.75, 3.05) is 6.54 Å². The Balaban J connectivity index is 1.42. The maximum Gasteiger partial charge on any atom is 0.223 e. The third kappa shape index (κ3) is 3.64. The van der Waals surface area contributed by atoms with Gasteiger partial charge in [0.25, 0.3) is 0 Å². The van der Waals surface area contributed by atoms with Crippen molar-refractivity contribution in [3.63, 3.8) is 0 Å². The van der Waals surface area contributed by atoms with E-state index in [4.69, 9.17) is 0 Å². The molecule has 0 unspecified atom stereocenters. The van der Waals surface area contributed by atoms with E-state index >= 15 is 0 Å². The SMILES string of the molecule is O=C(NCCCC(=O)N1Cc2ccccc2-c2ccccc2C1)C1CC1. The lowest BCUT2D eigenvalue weighted by Crippen LogP contribution is -2.31. The summed E-state index contributed by atoms with van der Waals surface area (Å²) in [5, 5.41) is 2.94. The second-order valence-corrected chi connectivity index (χ2v) is 7.23. The number of hydrogen-bond acceptors (Lipinski definition) is 2. The smallest absolute Gasteiger partial charge is 0.223 e. The summed E-state index contributed by atoms with van der Waals surface area (Å²) < 4.78 is 0. The van der Waals surface area contributed by atoms with Gasteiger partial charge < -0.3 is 10.2 Å². The Morgan fingerprint density at radius 2 is 1.50 bits per heavy atom. The highest BCUT2D eigenvalue weighted by molar-refractivity contribution is 5.81. The largest absolute Gasteiger partial charge is 0.356 e. The van der Waals surface area contributed by atoms with Gasteiger partial charge in [-0.2, -0.15) is 0 Å². The first kappa shape index (κ1) is 16.8. The van der Waals surface area contributed by atoms with Gasteiger partial charge in [-0.3, -0.25) is 9.59 Å². The number of hydrogen-bond donors (Lipinski definition) is 1. The van der Waals surface area contributed by atoms with Crippen LogP contribution in [-0.4, -0.2) is 23.3 Å². The maximum atomic E-state index is 12.8. The van der Waals surface area contributed by atoms with Crippen molar-refractivity contribution < 1.29 is 9.59 Å². The first-order valence-corrected chi connectivity index (χ1v) is 9.44. The Labute approximate surface area is 154 Å². The predicted octanol–water partition coefficient (Wildman–Crippen LogP) is 3.50. The van der Waals surface area contributed by atoms with Gasteiger partial charge in [0, 0.05) is 32.0 Å². The van der Waals surface area contributed by atoms with Gasteiger partial charge in [-0.25, -0.2) is 0 Å². The molecule has 1 aliphatic carbocycles. The monoisotopic (exact) mass is 348 g/mol. The molecule has 0 atom stereocenters. The molecule has 2 amide bonds. The van der Waals surface area contributed by atoms with Crippen LogP contribution in [-0.2, 0) is 22.7 Å². The van der Waals surface area contributed by atoms with Crippen LogP contribution < -0.4 is 5.32 Å². The number of rotatable bonds is 5. The van der Waals surface area contributed by atoms with E-state index in [1.54, 1.807) is 0 Å². The number of fused-ring (bicyclic) bond motifs is 3. The summed E-state index contributed by atoms with van der Waals surface area (Å²) in [7, 11) is 0. The Morgan fingerprint density at radius 1 is 0.923 bits per heavy atom. The van der Waals surface area contributed by atoms with Crippen LogP contribution in [0.25, 0.3) is 11.1 Å². The van der Waals surface area contributed by atoms with Gasteiger partial charge in [-0.05, 0) is 41.5 Å². The fourth-order valence-corrected chi connectivity index (χ4v) is 3.58. The lowest BCUT2D eigenvalue weighted by Gasteiger charge is -2.21. The molecule has 4 heteroatoms. The average Bonchev–Trinajstić information content (AvgIpc) is 3.51. The van der Waals surface area contributed by atoms with Crippen molar-refractivity contribution in [2.24, 2.45) is 5.92 Å². The second-order valence-electron chi connectivity index (χ2n) is 7.23. The van der Waals surface area contributed by atoms with Gasteiger partial charge in [0.05, 0.1) is 0 Å². The van der Waals surface area contributed by atoms with Gasteiger partial charge in [0.2, 0.25) is 11.8 Å². The molecule has 0 bridgehead atoms. The van der Waals surface area contributed by atoms with E-state index in [1.165, 1.54) is 22.3 Å². The molecule has 0 spiro atoms. The fourth-order valence-electron chi connectivity index (χ4n) is 3.58. The first-order valence-electron chi connectivity index (χ1n) is 9.44. The highest BCUT2D eigenvalue weighted by Gasteiger charge is 2.29. The van der Waals surface area contributed by atoms with Crippen LogP contribution >= 0.6 is 0 Å². The van der Waals surface area contributed by atoms with Crippen LogP contribution in [0.5, 0.6) is 0 Å².